The monoisotopic (exact) mass is 401 g/mol. The number of hydrogen-bond donors (Lipinski definition) is 2. The molecule has 0 unspecified atom stereocenters. The third-order valence-corrected chi connectivity index (χ3v) is 5.58. The van der Waals surface area contributed by atoms with Gasteiger partial charge in [-0.25, -0.2) is 0 Å². The molecule has 1 aliphatic heterocycles. The number of morpholine rings is 1. The van der Waals surface area contributed by atoms with E-state index in [9.17, 15) is 9.59 Å². The molecule has 0 spiro atoms. The number of rotatable bonds is 6. The van der Waals surface area contributed by atoms with Crippen molar-refractivity contribution < 1.29 is 14.3 Å². The van der Waals surface area contributed by atoms with E-state index in [0.717, 1.165) is 23.4 Å². The van der Waals surface area contributed by atoms with Crippen molar-refractivity contribution in [3.8, 4) is 0 Å². The molecule has 2 amide bonds. The summed E-state index contributed by atoms with van der Waals surface area (Å²) in [5.41, 5.74) is 4.99. The molecule has 0 aliphatic carbocycles. The number of amides is 2. The Kier molecular flexibility index (Phi) is 7.30. The zero-order valence-electron chi connectivity index (χ0n) is 16.3. The fourth-order valence-electron chi connectivity index (χ4n) is 3.37. The zero-order chi connectivity index (χ0) is 19.9. The highest BCUT2D eigenvalue weighted by molar-refractivity contribution is 8.00. The van der Waals surface area contributed by atoms with Gasteiger partial charge in [-0.3, -0.25) is 25.3 Å². The van der Waals surface area contributed by atoms with Gasteiger partial charge < -0.3 is 4.74 Å². The van der Waals surface area contributed by atoms with E-state index in [0.29, 0.717) is 13.0 Å². The molecule has 0 radical (unpaired) electrons. The van der Waals surface area contributed by atoms with Crippen LogP contribution < -0.4 is 10.9 Å². The predicted octanol–water partition coefficient (Wildman–Crippen LogP) is 2.58. The maximum Gasteiger partial charge on any atom is 0.248 e. The summed E-state index contributed by atoms with van der Waals surface area (Å²) in [5, 5.41) is 2.32. The lowest BCUT2D eigenvalue weighted by atomic mass is 10.1. The first-order valence-corrected chi connectivity index (χ1v) is 10.6. The molecule has 3 rings (SSSR count). The van der Waals surface area contributed by atoms with Crippen LogP contribution in [0.25, 0.3) is 10.8 Å². The first-order chi connectivity index (χ1) is 13.5. The van der Waals surface area contributed by atoms with Gasteiger partial charge in [0, 0.05) is 31.0 Å². The highest BCUT2D eigenvalue weighted by Gasteiger charge is 2.22. The molecule has 1 saturated heterocycles. The Hall–Kier alpha value is -2.09. The van der Waals surface area contributed by atoms with E-state index in [2.05, 4.69) is 34.0 Å². The number of hydrogen-bond acceptors (Lipinski definition) is 5. The van der Waals surface area contributed by atoms with Crippen molar-refractivity contribution in [1.82, 2.24) is 15.8 Å². The third kappa shape index (κ3) is 6.22. The summed E-state index contributed by atoms with van der Waals surface area (Å²) in [7, 11) is 0. The first-order valence-electron chi connectivity index (χ1n) is 9.56. The van der Waals surface area contributed by atoms with E-state index in [4.69, 9.17) is 4.74 Å². The maximum absolute atomic E-state index is 12.0. The molecule has 0 bridgehead atoms. The summed E-state index contributed by atoms with van der Waals surface area (Å²) in [6, 6.07) is 14.2. The fourth-order valence-corrected chi connectivity index (χ4v) is 4.12. The number of ether oxygens (including phenoxy) is 1. The van der Waals surface area contributed by atoms with Crippen molar-refractivity contribution in [2.24, 2.45) is 0 Å². The Morgan fingerprint density at radius 3 is 2.46 bits per heavy atom. The van der Waals surface area contributed by atoms with Crippen LogP contribution in [-0.2, 0) is 14.3 Å². The topological polar surface area (TPSA) is 70.7 Å². The molecular formula is C21H27N3O3S. The van der Waals surface area contributed by atoms with Gasteiger partial charge in [0.25, 0.3) is 0 Å². The van der Waals surface area contributed by atoms with Crippen molar-refractivity contribution >= 4 is 34.3 Å². The third-order valence-electron chi connectivity index (χ3n) is 4.58. The second kappa shape index (κ2) is 9.91. The highest BCUT2D eigenvalue weighted by Crippen LogP contribution is 2.23. The molecule has 150 valence electrons. The van der Waals surface area contributed by atoms with Gasteiger partial charge in [-0.15, -0.1) is 11.8 Å². The Morgan fingerprint density at radius 1 is 1.04 bits per heavy atom. The van der Waals surface area contributed by atoms with E-state index in [1.807, 2.05) is 38.1 Å². The number of nitrogens with one attached hydrogen (secondary N) is 2. The summed E-state index contributed by atoms with van der Waals surface area (Å²) in [6.07, 6.45) is 0.703. The number of hydrazine groups is 1. The van der Waals surface area contributed by atoms with E-state index in [1.54, 1.807) is 0 Å². The Labute approximate surface area is 170 Å². The van der Waals surface area contributed by atoms with Crippen molar-refractivity contribution in [3.05, 3.63) is 42.5 Å². The SMILES string of the molecule is C[C@@H]1CN(CCC(=O)NNC(=O)CSc2ccc3ccccc3c2)C[C@@H](C)O1. The lowest BCUT2D eigenvalue weighted by Crippen LogP contribution is -2.47. The van der Waals surface area contributed by atoms with Gasteiger partial charge in [-0.05, 0) is 36.8 Å². The zero-order valence-corrected chi connectivity index (χ0v) is 17.1. The molecule has 2 aromatic rings. The van der Waals surface area contributed by atoms with Crippen LogP contribution in [-0.4, -0.2) is 54.3 Å². The van der Waals surface area contributed by atoms with Crippen molar-refractivity contribution in [3.63, 3.8) is 0 Å². The number of benzene rings is 2. The molecule has 1 aliphatic rings. The van der Waals surface area contributed by atoms with E-state index in [1.165, 1.54) is 17.1 Å². The van der Waals surface area contributed by atoms with Crippen LogP contribution in [0.5, 0.6) is 0 Å². The second-order valence-corrected chi connectivity index (χ2v) is 8.21. The average molecular weight is 402 g/mol. The Morgan fingerprint density at radius 2 is 1.71 bits per heavy atom. The highest BCUT2D eigenvalue weighted by atomic mass is 32.2. The van der Waals surface area contributed by atoms with Crippen LogP contribution in [0.4, 0.5) is 0 Å². The molecule has 28 heavy (non-hydrogen) atoms. The standard InChI is InChI=1S/C21H27N3O3S/c1-15-12-24(13-16(2)27-15)10-9-20(25)22-23-21(26)14-28-19-8-7-17-5-3-4-6-18(17)11-19/h3-8,11,15-16H,9-10,12-14H2,1-2H3,(H,22,25)(H,23,26)/t15-,16-/m1/s1. The van der Waals surface area contributed by atoms with Crippen LogP contribution >= 0.6 is 11.8 Å². The molecule has 2 N–H and O–H groups in total. The van der Waals surface area contributed by atoms with Gasteiger partial charge >= 0.3 is 0 Å². The Balaban J connectivity index is 1.36. The number of thioether (sulfide) groups is 1. The van der Waals surface area contributed by atoms with Crippen molar-refractivity contribution in [2.45, 2.75) is 37.4 Å². The smallest absolute Gasteiger partial charge is 0.248 e. The molecule has 7 heteroatoms. The summed E-state index contributed by atoms with van der Waals surface area (Å²) in [5.74, 6) is -0.159. The van der Waals surface area contributed by atoms with E-state index < -0.39 is 0 Å². The first kappa shape index (κ1) is 20.6. The van der Waals surface area contributed by atoms with Gasteiger partial charge in [0.15, 0.2) is 0 Å². The lowest BCUT2D eigenvalue weighted by molar-refractivity contribution is -0.128. The number of carbonyl (C=O) groups excluding carboxylic acids is 2. The number of nitrogens with zero attached hydrogens (tertiary/aromatic N) is 1. The summed E-state index contributed by atoms with van der Waals surface area (Å²) >= 11 is 1.45. The Bertz CT molecular complexity index is 819. The van der Waals surface area contributed by atoms with Gasteiger partial charge in [0.1, 0.15) is 0 Å². The molecule has 6 nitrogen and oxygen atoms in total. The van der Waals surface area contributed by atoms with E-state index >= 15 is 0 Å². The molecule has 0 saturated carbocycles. The minimum absolute atomic E-state index is 0.179. The number of carbonyl (C=O) groups is 2. The average Bonchev–Trinajstić information content (AvgIpc) is 2.68. The molecule has 1 heterocycles. The van der Waals surface area contributed by atoms with Crippen LogP contribution in [0.15, 0.2) is 47.4 Å². The van der Waals surface area contributed by atoms with Crippen molar-refractivity contribution in [1.29, 1.82) is 0 Å². The normalized spacial score (nSPS) is 20.1. The summed E-state index contributed by atoms with van der Waals surface area (Å²) < 4.78 is 5.69. The van der Waals surface area contributed by atoms with Gasteiger partial charge in [0.2, 0.25) is 11.8 Å². The summed E-state index contributed by atoms with van der Waals surface area (Å²) in [4.78, 5) is 27.2. The van der Waals surface area contributed by atoms with Gasteiger partial charge in [-0.2, -0.15) is 0 Å². The molecule has 2 atom stereocenters. The minimum Gasteiger partial charge on any atom is -0.373 e. The van der Waals surface area contributed by atoms with Crippen LogP contribution in [0, 0.1) is 0 Å². The minimum atomic E-state index is -0.222. The maximum atomic E-state index is 12.0. The molecule has 2 aromatic carbocycles. The molecular weight excluding hydrogens is 374 g/mol. The molecule has 0 aromatic heterocycles. The largest absolute Gasteiger partial charge is 0.373 e. The molecule has 1 fully saturated rings. The van der Waals surface area contributed by atoms with Crippen LogP contribution in [0.2, 0.25) is 0 Å². The summed E-state index contributed by atoms with van der Waals surface area (Å²) in [6.45, 7) is 6.39. The van der Waals surface area contributed by atoms with Crippen LogP contribution in [0.3, 0.4) is 0 Å². The van der Waals surface area contributed by atoms with E-state index in [-0.39, 0.29) is 29.8 Å². The van der Waals surface area contributed by atoms with Gasteiger partial charge in [-0.1, -0.05) is 30.3 Å². The predicted molar refractivity (Wildman–Crippen MR) is 112 cm³/mol. The van der Waals surface area contributed by atoms with Gasteiger partial charge in [0.05, 0.1) is 18.0 Å². The fraction of sp³-hybridized carbons (Fsp3) is 0.429. The number of fused-ring (bicyclic) bond motifs is 1. The second-order valence-electron chi connectivity index (χ2n) is 7.16. The lowest BCUT2D eigenvalue weighted by Gasteiger charge is -2.35. The van der Waals surface area contributed by atoms with Crippen LogP contribution in [0.1, 0.15) is 20.3 Å². The van der Waals surface area contributed by atoms with Crippen molar-refractivity contribution in [2.75, 3.05) is 25.4 Å². The quantitative estimate of drug-likeness (QED) is 0.575.